The normalized spacial score (nSPS) is 11.9. The SMILES string of the molecule is C=CC=CC(=C)C=CC(=C)Cc1ccc(CC=CC=CC)cc1. The number of hydrogen-bond acceptors (Lipinski definition) is 0. The minimum atomic E-state index is 0.851. The van der Waals surface area contributed by atoms with Crippen molar-refractivity contribution in [2.24, 2.45) is 0 Å². The van der Waals surface area contributed by atoms with Crippen molar-refractivity contribution >= 4 is 0 Å². The van der Waals surface area contributed by atoms with E-state index < -0.39 is 0 Å². The smallest absolute Gasteiger partial charge is 0.00316 e. The second kappa shape index (κ2) is 11.0. The Bertz CT molecular complexity index is 631. The maximum Gasteiger partial charge on any atom is -0.00316 e. The van der Waals surface area contributed by atoms with Gasteiger partial charge in [0.25, 0.3) is 0 Å². The van der Waals surface area contributed by atoms with Crippen molar-refractivity contribution in [1.29, 1.82) is 0 Å². The van der Waals surface area contributed by atoms with Crippen LogP contribution in [0.1, 0.15) is 18.1 Å². The van der Waals surface area contributed by atoms with E-state index in [1.54, 1.807) is 6.08 Å². The van der Waals surface area contributed by atoms with Crippen LogP contribution in [-0.2, 0) is 12.8 Å². The maximum absolute atomic E-state index is 4.10. The number of benzene rings is 1. The van der Waals surface area contributed by atoms with E-state index in [1.165, 1.54) is 11.1 Å². The van der Waals surface area contributed by atoms with E-state index in [1.807, 2.05) is 43.4 Å². The lowest BCUT2D eigenvalue weighted by Crippen LogP contribution is -1.88. The average Bonchev–Trinajstić information content (AvgIpc) is 2.56. The molecule has 0 aliphatic carbocycles. The summed E-state index contributed by atoms with van der Waals surface area (Å²) in [5.41, 5.74) is 4.60. The van der Waals surface area contributed by atoms with Gasteiger partial charge in [0.15, 0.2) is 0 Å². The third kappa shape index (κ3) is 8.43. The van der Waals surface area contributed by atoms with Gasteiger partial charge in [-0.2, -0.15) is 0 Å². The largest absolute Gasteiger partial charge is 0.0991 e. The first-order valence-electron chi connectivity index (χ1n) is 7.85. The molecule has 0 fully saturated rings. The Hall–Kier alpha value is -2.60. The minimum Gasteiger partial charge on any atom is -0.0991 e. The fourth-order valence-corrected chi connectivity index (χ4v) is 1.98. The Balaban J connectivity index is 2.52. The summed E-state index contributed by atoms with van der Waals surface area (Å²) in [6, 6.07) is 8.70. The Morgan fingerprint density at radius 1 is 0.913 bits per heavy atom. The molecular formula is C23H26. The van der Waals surface area contributed by atoms with E-state index in [0.29, 0.717) is 0 Å². The van der Waals surface area contributed by atoms with Crippen LogP contribution in [0, 0.1) is 0 Å². The average molecular weight is 302 g/mol. The molecule has 0 bridgehead atoms. The van der Waals surface area contributed by atoms with Gasteiger partial charge in [-0.1, -0.05) is 104 Å². The van der Waals surface area contributed by atoms with Crippen LogP contribution in [0.2, 0.25) is 0 Å². The maximum atomic E-state index is 4.10. The van der Waals surface area contributed by atoms with Crippen LogP contribution in [0.5, 0.6) is 0 Å². The topological polar surface area (TPSA) is 0 Å². The van der Waals surface area contributed by atoms with Crippen molar-refractivity contribution in [2.45, 2.75) is 19.8 Å². The molecule has 23 heavy (non-hydrogen) atoms. The van der Waals surface area contributed by atoms with E-state index in [4.69, 9.17) is 0 Å². The summed E-state index contributed by atoms with van der Waals surface area (Å²) >= 11 is 0. The molecule has 0 aliphatic rings. The van der Waals surface area contributed by atoms with Crippen LogP contribution >= 0.6 is 0 Å². The van der Waals surface area contributed by atoms with Crippen LogP contribution in [0.25, 0.3) is 0 Å². The van der Waals surface area contributed by atoms with Gasteiger partial charge in [-0.3, -0.25) is 0 Å². The first-order chi connectivity index (χ1) is 11.2. The Labute approximate surface area is 141 Å². The summed E-state index contributed by atoms with van der Waals surface area (Å²) in [5, 5.41) is 0. The molecule has 0 amide bonds. The molecule has 0 spiro atoms. The summed E-state index contributed by atoms with van der Waals surface area (Å²) < 4.78 is 0. The van der Waals surface area contributed by atoms with Crippen LogP contribution in [0.3, 0.4) is 0 Å². The van der Waals surface area contributed by atoms with Crippen molar-refractivity contribution in [3.63, 3.8) is 0 Å². The number of allylic oxidation sites excluding steroid dienone is 11. The molecule has 1 rings (SSSR count). The molecular weight excluding hydrogens is 276 g/mol. The molecule has 0 aliphatic heterocycles. The van der Waals surface area contributed by atoms with Crippen molar-refractivity contribution < 1.29 is 0 Å². The molecule has 1 aromatic carbocycles. The molecule has 0 N–H and O–H groups in total. The van der Waals surface area contributed by atoms with Crippen LogP contribution in [0.4, 0.5) is 0 Å². The monoisotopic (exact) mass is 302 g/mol. The summed E-state index contributed by atoms with van der Waals surface area (Å²) in [6.45, 7) is 13.7. The van der Waals surface area contributed by atoms with Crippen LogP contribution < -0.4 is 0 Å². The third-order valence-corrected chi connectivity index (χ3v) is 3.23. The highest BCUT2D eigenvalue weighted by Gasteiger charge is 1.96. The second-order valence-electron chi connectivity index (χ2n) is 5.31. The Morgan fingerprint density at radius 3 is 2.26 bits per heavy atom. The van der Waals surface area contributed by atoms with Crippen molar-refractivity contribution in [3.05, 3.63) is 121 Å². The first-order valence-corrected chi connectivity index (χ1v) is 7.85. The summed E-state index contributed by atoms with van der Waals surface area (Å²) in [7, 11) is 0. The van der Waals surface area contributed by atoms with E-state index in [2.05, 4.69) is 56.2 Å². The summed E-state index contributed by atoms with van der Waals surface area (Å²) in [6.07, 6.45) is 19.7. The van der Waals surface area contributed by atoms with Gasteiger partial charge < -0.3 is 0 Å². The van der Waals surface area contributed by atoms with Gasteiger partial charge in [0.2, 0.25) is 0 Å². The van der Waals surface area contributed by atoms with Gasteiger partial charge in [0.05, 0.1) is 0 Å². The van der Waals surface area contributed by atoms with Crippen molar-refractivity contribution in [1.82, 2.24) is 0 Å². The molecule has 0 radical (unpaired) electrons. The Morgan fingerprint density at radius 2 is 1.61 bits per heavy atom. The molecule has 0 saturated heterocycles. The molecule has 0 saturated carbocycles. The van der Waals surface area contributed by atoms with Crippen LogP contribution in [-0.4, -0.2) is 0 Å². The highest BCUT2D eigenvalue weighted by atomic mass is 14.0. The number of rotatable bonds is 9. The van der Waals surface area contributed by atoms with Gasteiger partial charge in [-0.25, -0.2) is 0 Å². The highest BCUT2D eigenvalue weighted by molar-refractivity contribution is 5.35. The molecule has 1 aromatic rings. The third-order valence-electron chi connectivity index (χ3n) is 3.23. The lowest BCUT2D eigenvalue weighted by Gasteiger charge is -2.03. The van der Waals surface area contributed by atoms with Crippen LogP contribution in [0.15, 0.2) is 110 Å². The van der Waals surface area contributed by atoms with Gasteiger partial charge >= 0.3 is 0 Å². The predicted molar refractivity (Wildman–Crippen MR) is 105 cm³/mol. The fraction of sp³-hybridized carbons (Fsp3) is 0.130. The van der Waals surface area contributed by atoms with Crippen molar-refractivity contribution in [3.8, 4) is 0 Å². The summed E-state index contributed by atoms with van der Waals surface area (Å²) in [5.74, 6) is 0. The fourth-order valence-electron chi connectivity index (χ4n) is 1.98. The zero-order valence-corrected chi connectivity index (χ0v) is 14.0. The predicted octanol–water partition coefficient (Wildman–Crippen LogP) is 6.31. The zero-order valence-electron chi connectivity index (χ0n) is 14.0. The van der Waals surface area contributed by atoms with E-state index in [-0.39, 0.29) is 0 Å². The first kappa shape index (κ1) is 18.4. The van der Waals surface area contributed by atoms with Gasteiger partial charge in [0, 0.05) is 0 Å². The molecule has 118 valence electrons. The second-order valence-corrected chi connectivity index (χ2v) is 5.31. The zero-order chi connectivity index (χ0) is 16.9. The molecule has 0 heterocycles. The number of hydrogen-bond donors (Lipinski definition) is 0. The highest BCUT2D eigenvalue weighted by Crippen LogP contribution is 2.11. The van der Waals surface area contributed by atoms with Crippen molar-refractivity contribution in [2.75, 3.05) is 0 Å². The quantitative estimate of drug-likeness (QED) is 0.468. The molecule has 0 aromatic heterocycles. The van der Waals surface area contributed by atoms with Gasteiger partial charge in [0.1, 0.15) is 0 Å². The molecule has 0 atom stereocenters. The summed E-state index contributed by atoms with van der Waals surface area (Å²) in [4.78, 5) is 0. The van der Waals surface area contributed by atoms with E-state index >= 15 is 0 Å². The molecule has 0 nitrogen and oxygen atoms in total. The van der Waals surface area contributed by atoms with Gasteiger partial charge in [-0.15, -0.1) is 0 Å². The molecule has 0 unspecified atom stereocenters. The minimum absolute atomic E-state index is 0.851. The van der Waals surface area contributed by atoms with Gasteiger partial charge in [-0.05, 0) is 36.5 Å². The lowest BCUT2D eigenvalue weighted by atomic mass is 10.0. The van der Waals surface area contributed by atoms with E-state index in [9.17, 15) is 0 Å². The lowest BCUT2D eigenvalue weighted by molar-refractivity contribution is 1.18. The van der Waals surface area contributed by atoms with E-state index in [0.717, 1.165) is 24.0 Å². The molecule has 0 heteroatoms. The standard InChI is InChI=1S/C23H26/c1-5-7-9-10-12-22-15-17-23(18-16-22)19-21(4)14-13-20(3)11-8-6-2/h5-11,13-18H,2-4,12,19H2,1H3. The Kier molecular flexibility index (Phi) is 8.85.